The smallest absolute Gasteiger partial charge is 0.274 e. The van der Waals surface area contributed by atoms with Gasteiger partial charge in [0, 0.05) is 30.0 Å². The van der Waals surface area contributed by atoms with Gasteiger partial charge < -0.3 is 9.30 Å². The Morgan fingerprint density at radius 2 is 2.00 bits per heavy atom. The van der Waals surface area contributed by atoms with Crippen molar-refractivity contribution in [1.29, 1.82) is 0 Å². The fourth-order valence-electron chi connectivity index (χ4n) is 2.40. The molecule has 112 valence electrons. The molecular formula is C17H16BrN3O. The molecule has 3 aromatic rings. The van der Waals surface area contributed by atoms with E-state index in [2.05, 4.69) is 20.9 Å². The van der Waals surface area contributed by atoms with Gasteiger partial charge in [0.05, 0.1) is 0 Å². The first kappa shape index (κ1) is 14.8. The van der Waals surface area contributed by atoms with Gasteiger partial charge in [0.2, 0.25) is 0 Å². The van der Waals surface area contributed by atoms with E-state index in [-0.39, 0.29) is 5.91 Å². The lowest BCUT2D eigenvalue weighted by Crippen LogP contribution is -2.26. The lowest BCUT2D eigenvalue weighted by atomic mass is 10.2. The summed E-state index contributed by atoms with van der Waals surface area (Å²) in [6.45, 7) is 2.53. The fraction of sp³-hybridized carbons (Fsp3) is 0.176. The summed E-state index contributed by atoms with van der Waals surface area (Å²) in [6, 6.07) is 13.7. The Morgan fingerprint density at radius 1 is 1.23 bits per heavy atom. The molecule has 0 aliphatic heterocycles. The first-order chi connectivity index (χ1) is 10.6. The van der Waals surface area contributed by atoms with Gasteiger partial charge in [-0.05, 0) is 30.7 Å². The third kappa shape index (κ3) is 2.76. The standard InChI is InChI=1S/C17H16BrN3O/c1-12-6-5-9-16-19-15(11-21(12)16)17(22)20(2)10-13-7-3-4-8-14(13)18/h3-9,11H,10H2,1-2H3. The summed E-state index contributed by atoms with van der Waals surface area (Å²) in [5, 5.41) is 0. The van der Waals surface area contributed by atoms with Gasteiger partial charge in [-0.3, -0.25) is 4.79 Å². The Labute approximate surface area is 137 Å². The fourth-order valence-corrected chi connectivity index (χ4v) is 2.81. The third-order valence-electron chi connectivity index (χ3n) is 3.63. The molecule has 0 fully saturated rings. The van der Waals surface area contributed by atoms with Crippen LogP contribution in [0, 0.1) is 6.92 Å². The van der Waals surface area contributed by atoms with Gasteiger partial charge >= 0.3 is 0 Å². The molecule has 0 atom stereocenters. The van der Waals surface area contributed by atoms with E-state index in [1.54, 1.807) is 18.1 Å². The molecule has 0 bridgehead atoms. The Balaban J connectivity index is 1.86. The molecule has 0 spiro atoms. The van der Waals surface area contributed by atoms with E-state index < -0.39 is 0 Å². The van der Waals surface area contributed by atoms with Crippen LogP contribution in [0.15, 0.2) is 53.1 Å². The van der Waals surface area contributed by atoms with Gasteiger partial charge in [-0.2, -0.15) is 0 Å². The molecule has 0 aliphatic carbocycles. The van der Waals surface area contributed by atoms with Gasteiger partial charge in [0.15, 0.2) is 0 Å². The molecule has 3 rings (SSSR count). The van der Waals surface area contributed by atoms with Gasteiger partial charge in [0.25, 0.3) is 5.91 Å². The van der Waals surface area contributed by atoms with Crippen molar-refractivity contribution in [3.63, 3.8) is 0 Å². The van der Waals surface area contributed by atoms with Gasteiger partial charge in [-0.15, -0.1) is 0 Å². The number of aryl methyl sites for hydroxylation is 1. The highest BCUT2D eigenvalue weighted by Crippen LogP contribution is 2.18. The van der Waals surface area contributed by atoms with Crippen molar-refractivity contribution in [1.82, 2.24) is 14.3 Å². The Bertz CT molecular complexity index is 841. The highest BCUT2D eigenvalue weighted by molar-refractivity contribution is 9.10. The molecule has 0 N–H and O–H groups in total. The van der Waals surface area contributed by atoms with E-state index in [1.165, 1.54) is 0 Å². The van der Waals surface area contributed by atoms with E-state index in [4.69, 9.17) is 0 Å². The molecule has 2 heterocycles. The van der Waals surface area contributed by atoms with Crippen LogP contribution < -0.4 is 0 Å². The normalized spacial score (nSPS) is 10.9. The first-order valence-corrected chi connectivity index (χ1v) is 7.79. The van der Waals surface area contributed by atoms with E-state index in [0.717, 1.165) is 21.4 Å². The Hall–Kier alpha value is -2.14. The van der Waals surface area contributed by atoms with Gasteiger partial charge in [0.1, 0.15) is 11.3 Å². The number of carbonyl (C=O) groups is 1. The van der Waals surface area contributed by atoms with Gasteiger partial charge in [-0.25, -0.2) is 4.98 Å². The minimum absolute atomic E-state index is 0.0844. The summed E-state index contributed by atoms with van der Waals surface area (Å²) in [5.41, 5.74) is 3.37. The van der Waals surface area contributed by atoms with Crippen LogP contribution in [-0.2, 0) is 6.54 Å². The minimum atomic E-state index is -0.0844. The Morgan fingerprint density at radius 3 is 2.73 bits per heavy atom. The number of halogens is 1. The van der Waals surface area contributed by atoms with Crippen molar-refractivity contribution in [3.05, 3.63) is 70.1 Å². The van der Waals surface area contributed by atoms with Crippen LogP contribution in [0.4, 0.5) is 0 Å². The molecule has 4 nitrogen and oxygen atoms in total. The van der Waals surface area contributed by atoms with Crippen molar-refractivity contribution in [2.75, 3.05) is 7.05 Å². The number of aromatic nitrogens is 2. The molecular weight excluding hydrogens is 342 g/mol. The van der Waals surface area contributed by atoms with E-state index in [0.29, 0.717) is 12.2 Å². The number of hydrogen-bond donors (Lipinski definition) is 0. The van der Waals surface area contributed by atoms with E-state index >= 15 is 0 Å². The topological polar surface area (TPSA) is 37.6 Å². The molecule has 0 radical (unpaired) electrons. The van der Waals surface area contributed by atoms with Crippen molar-refractivity contribution in [3.8, 4) is 0 Å². The molecule has 0 aliphatic rings. The number of pyridine rings is 1. The second kappa shape index (κ2) is 5.93. The van der Waals surface area contributed by atoms with Crippen LogP contribution in [0.25, 0.3) is 5.65 Å². The zero-order chi connectivity index (χ0) is 15.7. The van der Waals surface area contributed by atoms with Crippen LogP contribution in [-0.4, -0.2) is 27.2 Å². The Kier molecular flexibility index (Phi) is 3.98. The number of nitrogens with zero attached hydrogens (tertiary/aromatic N) is 3. The van der Waals surface area contributed by atoms with E-state index in [9.17, 15) is 4.79 Å². The lowest BCUT2D eigenvalue weighted by molar-refractivity contribution is 0.0779. The number of carbonyl (C=O) groups excluding carboxylic acids is 1. The number of fused-ring (bicyclic) bond motifs is 1. The van der Waals surface area contributed by atoms with Crippen molar-refractivity contribution in [2.45, 2.75) is 13.5 Å². The predicted octanol–water partition coefficient (Wildman–Crippen LogP) is 3.68. The average Bonchev–Trinajstić information content (AvgIpc) is 2.94. The number of benzene rings is 1. The summed E-state index contributed by atoms with van der Waals surface area (Å²) >= 11 is 3.51. The molecule has 1 amide bonds. The van der Waals surface area contributed by atoms with Gasteiger partial charge in [-0.1, -0.05) is 40.2 Å². The summed E-state index contributed by atoms with van der Waals surface area (Å²) in [7, 11) is 1.79. The second-order valence-electron chi connectivity index (χ2n) is 5.27. The van der Waals surface area contributed by atoms with Crippen molar-refractivity contribution >= 4 is 27.5 Å². The van der Waals surface area contributed by atoms with Crippen LogP contribution in [0.1, 0.15) is 21.7 Å². The monoisotopic (exact) mass is 357 g/mol. The molecule has 5 heteroatoms. The molecule has 22 heavy (non-hydrogen) atoms. The number of imidazole rings is 1. The molecule has 2 aromatic heterocycles. The number of hydrogen-bond acceptors (Lipinski definition) is 2. The summed E-state index contributed by atoms with van der Waals surface area (Å²) in [4.78, 5) is 18.7. The minimum Gasteiger partial charge on any atom is -0.336 e. The third-order valence-corrected chi connectivity index (χ3v) is 4.40. The van der Waals surface area contributed by atoms with Crippen LogP contribution in [0.3, 0.4) is 0 Å². The number of amides is 1. The van der Waals surface area contributed by atoms with E-state index in [1.807, 2.05) is 53.8 Å². The maximum absolute atomic E-state index is 12.6. The SMILES string of the molecule is Cc1cccc2nc(C(=O)N(C)Cc3ccccc3Br)cn12. The molecule has 1 aromatic carbocycles. The predicted molar refractivity (Wildman–Crippen MR) is 89.9 cm³/mol. The number of rotatable bonds is 3. The summed E-state index contributed by atoms with van der Waals surface area (Å²) in [6.07, 6.45) is 1.80. The van der Waals surface area contributed by atoms with Crippen molar-refractivity contribution < 1.29 is 4.79 Å². The largest absolute Gasteiger partial charge is 0.336 e. The zero-order valence-electron chi connectivity index (χ0n) is 12.5. The summed E-state index contributed by atoms with van der Waals surface area (Å²) < 4.78 is 2.93. The molecule has 0 saturated carbocycles. The quantitative estimate of drug-likeness (QED) is 0.716. The maximum atomic E-state index is 12.6. The van der Waals surface area contributed by atoms with Crippen molar-refractivity contribution in [2.24, 2.45) is 0 Å². The lowest BCUT2D eigenvalue weighted by Gasteiger charge is -2.16. The highest BCUT2D eigenvalue weighted by atomic mass is 79.9. The second-order valence-corrected chi connectivity index (χ2v) is 6.13. The highest BCUT2D eigenvalue weighted by Gasteiger charge is 2.17. The van der Waals surface area contributed by atoms with Crippen LogP contribution >= 0.6 is 15.9 Å². The first-order valence-electron chi connectivity index (χ1n) is 7.00. The van der Waals surface area contributed by atoms with Crippen LogP contribution in [0.2, 0.25) is 0 Å². The van der Waals surface area contributed by atoms with Crippen LogP contribution in [0.5, 0.6) is 0 Å². The molecule has 0 unspecified atom stereocenters. The zero-order valence-corrected chi connectivity index (χ0v) is 14.0. The average molecular weight is 358 g/mol. The summed E-state index contributed by atoms with van der Waals surface area (Å²) in [5.74, 6) is -0.0844. The molecule has 0 saturated heterocycles. The maximum Gasteiger partial charge on any atom is 0.274 e.